The summed E-state index contributed by atoms with van der Waals surface area (Å²) in [5.74, 6) is -0.878. The molecule has 0 aromatic heterocycles. The highest BCUT2D eigenvalue weighted by atomic mass is 16.4. The van der Waals surface area contributed by atoms with Crippen LogP contribution in [0, 0.1) is 25.2 Å². The van der Waals surface area contributed by atoms with Crippen LogP contribution in [0.2, 0.25) is 0 Å². The second-order valence-corrected chi connectivity index (χ2v) is 3.27. The first-order valence-corrected chi connectivity index (χ1v) is 4.26. The summed E-state index contributed by atoms with van der Waals surface area (Å²) in [6, 6.07) is 5.50. The Kier molecular flexibility index (Phi) is 2.88. The summed E-state index contributed by atoms with van der Waals surface area (Å²) in [6.45, 7) is 3.74. The summed E-state index contributed by atoms with van der Waals surface area (Å²) >= 11 is 0. The maximum Gasteiger partial charge on any atom is 0.307 e. The quantitative estimate of drug-likeness (QED) is 0.771. The number of hydrogen-bond acceptors (Lipinski definition) is 2. The number of nitrogens with zero attached hydrogens (tertiary/aromatic N) is 1. The molecule has 0 fully saturated rings. The molecule has 3 heteroatoms. The summed E-state index contributed by atoms with van der Waals surface area (Å²) in [6.07, 6.45) is -0.0319. The zero-order valence-electron chi connectivity index (χ0n) is 8.16. The number of aliphatic carboxylic acids is 1. The summed E-state index contributed by atoms with van der Waals surface area (Å²) in [7, 11) is 0. The average molecular weight is 189 g/mol. The van der Waals surface area contributed by atoms with Crippen molar-refractivity contribution in [2.75, 3.05) is 0 Å². The fourth-order valence-electron chi connectivity index (χ4n) is 1.33. The zero-order chi connectivity index (χ0) is 10.7. The van der Waals surface area contributed by atoms with E-state index in [1.54, 1.807) is 6.07 Å². The number of hydrogen-bond donors (Lipinski definition) is 1. The summed E-state index contributed by atoms with van der Waals surface area (Å²) in [5, 5.41) is 17.4. The molecule has 0 saturated carbocycles. The highest BCUT2D eigenvalue weighted by molar-refractivity contribution is 5.70. The van der Waals surface area contributed by atoms with Gasteiger partial charge in [-0.15, -0.1) is 0 Å². The molecule has 0 atom stereocenters. The zero-order valence-corrected chi connectivity index (χ0v) is 8.16. The van der Waals surface area contributed by atoms with Gasteiger partial charge in [0.05, 0.1) is 18.1 Å². The molecule has 0 radical (unpaired) electrons. The minimum absolute atomic E-state index is 0.0319. The largest absolute Gasteiger partial charge is 0.481 e. The van der Waals surface area contributed by atoms with Gasteiger partial charge >= 0.3 is 5.97 Å². The molecule has 0 amide bonds. The van der Waals surface area contributed by atoms with Crippen LogP contribution in [0.4, 0.5) is 0 Å². The molecule has 1 N–H and O–H groups in total. The molecule has 72 valence electrons. The van der Waals surface area contributed by atoms with Crippen molar-refractivity contribution in [1.29, 1.82) is 5.26 Å². The number of nitriles is 1. The smallest absolute Gasteiger partial charge is 0.307 e. The fraction of sp³-hybridized carbons (Fsp3) is 0.273. The first-order valence-electron chi connectivity index (χ1n) is 4.26. The average Bonchev–Trinajstić information content (AvgIpc) is 2.10. The van der Waals surface area contributed by atoms with Crippen LogP contribution in [-0.2, 0) is 11.2 Å². The minimum Gasteiger partial charge on any atom is -0.481 e. The Labute approximate surface area is 82.6 Å². The van der Waals surface area contributed by atoms with Gasteiger partial charge in [-0.3, -0.25) is 4.79 Å². The van der Waals surface area contributed by atoms with Crippen LogP contribution in [0.3, 0.4) is 0 Å². The number of benzene rings is 1. The third-order valence-corrected chi connectivity index (χ3v) is 2.20. The number of carboxylic acid groups (broad SMARTS) is 1. The normalized spacial score (nSPS) is 9.50. The fourth-order valence-corrected chi connectivity index (χ4v) is 1.33. The Morgan fingerprint density at radius 2 is 2.14 bits per heavy atom. The van der Waals surface area contributed by atoms with Crippen LogP contribution >= 0.6 is 0 Å². The lowest BCUT2D eigenvalue weighted by Crippen LogP contribution is -2.01. The van der Waals surface area contributed by atoms with Gasteiger partial charge in [0.1, 0.15) is 0 Å². The molecule has 0 spiro atoms. The molecule has 14 heavy (non-hydrogen) atoms. The lowest BCUT2D eigenvalue weighted by Gasteiger charge is -2.05. The van der Waals surface area contributed by atoms with E-state index in [0.717, 1.165) is 11.1 Å². The first-order chi connectivity index (χ1) is 6.54. The van der Waals surface area contributed by atoms with E-state index in [9.17, 15) is 4.79 Å². The van der Waals surface area contributed by atoms with E-state index in [1.165, 1.54) is 0 Å². The van der Waals surface area contributed by atoms with Crippen molar-refractivity contribution in [1.82, 2.24) is 0 Å². The molecule has 0 aliphatic heterocycles. The van der Waals surface area contributed by atoms with Crippen molar-refractivity contribution in [3.63, 3.8) is 0 Å². The molecule has 0 bridgehead atoms. The van der Waals surface area contributed by atoms with Crippen molar-refractivity contribution < 1.29 is 9.90 Å². The van der Waals surface area contributed by atoms with Gasteiger partial charge in [-0.1, -0.05) is 6.07 Å². The van der Waals surface area contributed by atoms with Gasteiger partial charge < -0.3 is 5.11 Å². The van der Waals surface area contributed by atoms with Crippen LogP contribution in [0.5, 0.6) is 0 Å². The predicted molar refractivity (Wildman–Crippen MR) is 52.0 cm³/mol. The number of rotatable bonds is 2. The standard InChI is InChI=1S/C11H11NO2/c1-7-3-9(5-11(13)14)4-10(6-12)8(7)2/h3-4H,5H2,1-2H3,(H,13,14). The van der Waals surface area contributed by atoms with Crippen LogP contribution < -0.4 is 0 Å². The SMILES string of the molecule is Cc1cc(CC(=O)O)cc(C#N)c1C. The van der Waals surface area contributed by atoms with Crippen molar-refractivity contribution in [3.8, 4) is 6.07 Å². The Balaban J connectivity index is 3.18. The first kappa shape index (κ1) is 10.3. The van der Waals surface area contributed by atoms with Crippen molar-refractivity contribution in [2.24, 2.45) is 0 Å². The monoisotopic (exact) mass is 189 g/mol. The minimum atomic E-state index is -0.878. The van der Waals surface area contributed by atoms with E-state index >= 15 is 0 Å². The van der Waals surface area contributed by atoms with E-state index in [0.29, 0.717) is 11.1 Å². The highest BCUT2D eigenvalue weighted by Gasteiger charge is 2.06. The highest BCUT2D eigenvalue weighted by Crippen LogP contribution is 2.15. The molecule has 0 saturated heterocycles. The van der Waals surface area contributed by atoms with E-state index in [1.807, 2.05) is 19.9 Å². The second kappa shape index (κ2) is 3.93. The van der Waals surface area contributed by atoms with Gasteiger partial charge in [0.15, 0.2) is 0 Å². The van der Waals surface area contributed by atoms with Crippen molar-refractivity contribution in [2.45, 2.75) is 20.3 Å². The van der Waals surface area contributed by atoms with Gasteiger partial charge in [-0.25, -0.2) is 0 Å². The molecule has 1 aromatic rings. The molecular weight excluding hydrogens is 178 g/mol. The van der Waals surface area contributed by atoms with Crippen LogP contribution in [-0.4, -0.2) is 11.1 Å². The number of aryl methyl sites for hydroxylation is 1. The summed E-state index contributed by atoms with van der Waals surface area (Å²) in [4.78, 5) is 10.5. The van der Waals surface area contributed by atoms with Gasteiger partial charge in [0.2, 0.25) is 0 Å². The molecule has 0 unspecified atom stereocenters. The molecule has 0 aliphatic rings. The third kappa shape index (κ3) is 2.11. The van der Waals surface area contributed by atoms with Gasteiger partial charge in [0, 0.05) is 0 Å². The van der Waals surface area contributed by atoms with E-state index in [-0.39, 0.29) is 6.42 Å². The van der Waals surface area contributed by atoms with Crippen LogP contribution in [0.1, 0.15) is 22.3 Å². The molecule has 1 aromatic carbocycles. The molecule has 0 heterocycles. The topological polar surface area (TPSA) is 61.1 Å². The summed E-state index contributed by atoms with van der Waals surface area (Å²) < 4.78 is 0. The Morgan fingerprint density at radius 1 is 1.50 bits per heavy atom. The van der Waals surface area contributed by atoms with Crippen molar-refractivity contribution >= 4 is 5.97 Å². The number of carbonyl (C=O) groups is 1. The Bertz CT molecular complexity index is 416. The molecule has 3 nitrogen and oxygen atoms in total. The van der Waals surface area contributed by atoms with Gasteiger partial charge in [-0.2, -0.15) is 5.26 Å². The Morgan fingerprint density at radius 3 is 2.64 bits per heavy atom. The van der Waals surface area contributed by atoms with E-state index < -0.39 is 5.97 Å². The maximum atomic E-state index is 10.5. The second-order valence-electron chi connectivity index (χ2n) is 3.27. The molecule has 0 aliphatic carbocycles. The van der Waals surface area contributed by atoms with Crippen LogP contribution in [0.25, 0.3) is 0 Å². The Hall–Kier alpha value is -1.82. The lowest BCUT2D eigenvalue weighted by molar-refractivity contribution is -0.136. The van der Waals surface area contributed by atoms with Gasteiger partial charge in [-0.05, 0) is 36.6 Å². The predicted octanol–water partition coefficient (Wildman–Crippen LogP) is 1.80. The molecule has 1 rings (SSSR count). The number of carboxylic acids is 1. The third-order valence-electron chi connectivity index (χ3n) is 2.20. The molecular formula is C11H11NO2. The van der Waals surface area contributed by atoms with Crippen LogP contribution in [0.15, 0.2) is 12.1 Å². The van der Waals surface area contributed by atoms with E-state index in [4.69, 9.17) is 10.4 Å². The summed E-state index contributed by atoms with van der Waals surface area (Å²) in [5.41, 5.74) is 3.11. The van der Waals surface area contributed by atoms with E-state index in [2.05, 4.69) is 6.07 Å². The van der Waals surface area contributed by atoms with Crippen molar-refractivity contribution in [3.05, 3.63) is 34.4 Å². The van der Waals surface area contributed by atoms with Gasteiger partial charge in [0.25, 0.3) is 0 Å². The maximum absolute atomic E-state index is 10.5. The lowest BCUT2D eigenvalue weighted by atomic mass is 9.99.